The summed E-state index contributed by atoms with van der Waals surface area (Å²) in [7, 11) is 0. The molecule has 0 saturated heterocycles. The molecule has 0 heterocycles. The predicted octanol–water partition coefficient (Wildman–Crippen LogP) is 5.65. The van der Waals surface area contributed by atoms with Crippen molar-refractivity contribution in [3.05, 3.63) is 59.7 Å². The van der Waals surface area contributed by atoms with Crippen LogP contribution in [-0.4, -0.2) is 57.6 Å². The normalized spacial score (nSPS) is 13.7. The largest absolute Gasteiger partial charge is 0.508 e. The van der Waals surface area contributed by atoms with Crippen LogP contribution < -0.4 is 10.6 Å². The molecule has 3 N–H and O–H groups in total. The van der Waals surface area contributed by atoms with Gasteiger partial charge in [-0.3, -0.25) is 9.59 Å². The number of aryl methyl sites for hydroxylation is 1. The zero-order valence-electron chi connectivity index (χ0n) is 23.4. The van der Waals surface area contributed by atoms with Crippen molar-refractivity contribution in [3.63, 3.8) is 0 Å². The van der Waals surface area contributed by atoms with Gasteiger partial charge in [0.1, 0.15) is 23.4 Å². The quantitative estimate of drug-likeness (QED) is 0.338. The first-order chi connectivity index (χ1) is 17.9. The molecule has 8 nitrogen and oxygen atoms in total. The lowest BCUT2D eigenvalue weighted by molar-refractivity contribution is -0.143. The minimum atomic E-state index is -1.05. The van der Waals surface area contributed by atoms with E-state index in [1.807, 2.05) is 45.2 Å². The lowest BCUT2D eigenvalue weighted by atomic mass is 9.99. The molecule has 38 heavy (non-hydrogen) atoms. The summed E-state index contributed by atoms with van der Waals surface area (Å²) in [6.07, 6.45) is 2.16. The highest BCUT2D eigenvalue weighted by atomic mass is 32.2. The first-order valence-electron chi connectivity index (χ1n) is 12.8. The van der Waals surface area contributed by atoms with Crippen molar-refractivity contribution in [1.82, 2.24) is 10.2 Å². The highest BCUT2D eigenvalue weighted by molar-refractivity contribution is 7.98. The first kappa shape index (κ1) is 31.0. The summed E-state index contributed by atoms with van der Waals surface area (Å²) in [5, 5.41) is 15.9. The molecule has 0 aliphatic heterocycles. The molecule has 2 aromatic rings. The summed E-state index contributed by atoms with van der Waals surface area (Å²) in [5.74, 6) is -0.210. The number of aromatic hydroxyl groups is 1. The van der Waals surface area contributed by atoms with Gasteiger partial charge in [-0.15, -0.1) is 0 Å². The van der Waals surface area contributed by atoms with Crippen molar-refractivity contribution >= 4 is 35.4 Å². The Morgan fingerprint density at radius 2 is 1.79 bits per heavy atom. The Hall–Kier alpha value is -3.20. The number of anilines is 1. The van der Waals surface area contributed by atoms with E-state index < -0.39 is 35.6 Å². The number of phenolic OH excluding ortho intramolecular Hbond substituents is 1. The lowest BCUT2D eigenvalue weighted by Gasteiger charge is -2.38. The van der Waals surface area contributed by atoms with Gasteiger partial charge in [0.25, 0.3) is 5.91 Å². The van der Waals surface area contributed by atoms with Crippen molar-refractivity contribution in [2.75, 3.05) is 17.3 Å². The van der Waals surface area contributed by atoms with Gasteiger partial charge < -0.3 is 25.4 Å². The number of para-hydroxylation sites is 1. The Morgan fingerprint density at radius 3 is 2.37 bits per heavy atom. The molecule has 208 valence electrons. The second-order valence-electron chi connectivity index (χ2n) is 10.3. The third kappa shape index (κ3) is 8.97. The van der Waals surface area contributed by atoms with Gasteiger partial charge in [-0.1, -0.05) is 37.3 Å². The molecule has 3 atom stereocenters. The van der Waals surface area contributed by atoms with Gasteiger partial charge in [-0.2, -0.15) is 11.8 Å². The molecule has 9 heteroatoms. The molecule has 0 saturated carbocycles. The topological polar surface area (TPSA) is 108 Å². The fraction of sp³-hybridized carbons (Fsp3) is 0.483. The average molecular weight is 544 g/mol. The van der Waals surface area contributed by atoms with Crippen molar-refractivity contribution in [3.8, 4) is 5.75 Å². The number of nitrogens with zero attached hydrogens (tertiary/aromatic N) is 1. The number of nitrogens with one attached hydrogen (secondary N) is 2. The molecular weight excluding hydrogens is 502 g/mol. The maximum atomic E-state index is 14.2. The maximum absolute atomic E-state index is 14.2. The summed E-state index contributed by atoms with van der Waals surface area (Å²) < 4.78 is 5.43. The van der Waals surface area contributed by atoms with E-state index >= 15 is 0 Å². The van der Waals surface area contributed by atoms with Crippen LogP contribution in [0.3, 0.4) is 0 Å². The molecule has 3 unspecified atom stereocenters. The Labute approximate surface area is 230 Å². The number of ether oxygens (including phenoxy) is 1. The SMILES string of the molecule is CCC(C)N(C(=O)C(CCSC)NC(=O)OC(C)(C)C)C(C(=O)Nc1ccccc1C)c1cccc(O)c1. The van der Waals surface area contributed by atoms with Crippen LogP contribution in [0.5, 0.6) is 5.75 Å². The van der Waals surface area contributed by atoms with Gasteiger partial charge in [-0.05, 0) is 88.8 Å². The second kappa shape index (κ2) is 14.1. The molecule has 0 radical (unpaired) electrons. The highest BCUT2D eigenvalue weighted by Gasteiger charge is 2.38. The van der Waals surface area contributed by atoms with Gasteiger partial charge in [0.2, 0.25) is 5.91 Å². The minimum absolute atomic E-state index is 0.0152. The third-order valence-corrected chi connectivity index (χ3v) is 6.68. The highest BCUT2D eigenvalue weighted by Crippen LogP contribution is 2.30. The summed E-state index contributed by atoms with van der Waals surface area (Å²) >= 11 is 1.55. The van der Waals surface area contributed by atoms with Gasteiger partial charge >= 0.3 is 6.09 Å². The molecule has 2 aromatic carbocycles. The van der Waals surface area contributed by atoms with E-state index in [0.29, 0.717) is 29.8 Å². The standard InChI is InChI=1S/C29H41N3O5S/c1-8-20(3)32(27(35)24(16-17-38-7)31-28(36)37-29(4,5)6)25(21-13-11-14-22(33)18-21)26(34)30-23-15-10-9-12-19(23)2/h9-15,18,20,24-25,33H,8,16-17H2,1-7H3,(H,30,34)(H,31,36). The van der Waals surface area contributed by atoms with Crippen LogP contribution in [0.25, 0.3) is 0 Å². The van der Waals surface area contributed by atoms with Gasteiger partial charge in [0.15, 0.2) is 0 Å². The first-order valence-corrected chi connectivity index (χ1v) is 14.2. The van der Waals surface area contributed by atoms with Crippen LogP contribution in [0.4, 0.5) is 10.5 Å². The monoisotopic (exact) mass is 543 g/mol. The molecule has 0 spiro atoms. The van der Waals surface area contributed by atoms with Gasteiger partial charge in [0, 0.05) is 11.7 Å². The fourth-order valence-corrected chi connectivity index (χ4v) is 4.44. The van der Waals surface area contributed by atoms with Crippen molar-refractivity contribution in [1.29, 1.82) is 0 Å². The predicted molar refractivity (Wildman–Crippen MR) is 153 cm³/mol. The number of thioether (sulfide) groups is 1. The van der Waals surface area contributed by atoms with Crippen LogP contribution >= 0.6 is 11.8 Å². The number of hydrogen-bond donors (Lipinski definition) is 3. The molecule has 0 aromatic heterocycles. The number of benzene rings is 2. The minimum Gasteiger partial charge on any atom is -0.508 e. The Bertz CT molecular complexity index is 1100. The van der Waals surface area contributed by atoms with Gasteiger partial charge in [0.05, 0.1) is 0 Å². The number of phenols is 1. The summed E-state index contributed by atoms with van der Waals surface area (Å²) in [6.45, 7) is 11.0. The molecule has 3 amide bonds. The molecule has 0 fully saturated rings. The number of carbonyl (C=O) groups is 3. The van der Waals surface area contributed by atoms with E-state index in [4.69, 9.17) is 4.74 Å². The maximum Gasteiger partial charge on any atom is 0.408 e. The number of alkyl carbamates (subject to hydrolysis) is 1. The number of hydrogen-bond acceptors (Lipinski definition) is 6. The van der Waals surface area contributed by atoms with Crippen LogP contribution in [0.1, 0.15) is 64.6 Å². The second-order valence-corrected chi connectivity index (χ2v) is 11.3. The molecule has 2 rings (SSSR count). The Kier molecular flexibility index (Phi) is 11.5. The summed E-state index contributed by atoms with van der Waals surface area (Å²) in [6, 6.07) is 11.4. The summed E-state index contributed by atoms with van der Waals surface area (Å²) in [4.78, 5) is 42.3. The smallest absolute Gasteiger partial charge is 0.408 e. The zero-order valence-corrected chi connectivity index (χ0v) is 24.2. The number of amides is 3. The van der Waals surface area contributed by atoms with Crippen LogP contribution in [0, 0.1) is 6.92 Å². The molecule has 0 aliphatic rings. The van der Waals surface area contributed by atoms with Gasteiger partial charge in [-0.25, -0.2) is 4.79 Å². The van der Waals surface area contributed by atoms with E-state index in [1.54, 1.807) is 50.7 Å². The lowest BCUT2D eigenvalue weighted by Crippen LogP contribution is -2.55. The van der Waals surface area contributed by atoms with E-state index in [9.17, 15) is 19.5 Å². The van der Waals surface area contributed by atoms with Crippen molar-refractivity contribution in [2.24, 2.45) is 0 Å². The molecule has 0 bridgehead atoms. The number of rotatable bonds is 11. The van der Waals surface area contributed by atoms with Crippen LogP contribution in [-0.2, 0) is 14.3 Å². The van der Waals surface area contributed by atoms with E-state index in [2.05, 4.69) is 10.6 Å². The van der Waals surface area contributed by atoms with E-state index in [0.717, 1.165) is 5.56 Å². The number of carbonyl (C=O) groups excluding carboxylic acids is 3. The molecule has 0 aliphatic carbocycles. The summed E-state index contributed by atoms with van der Waals surface area (Å²) in [5.41, 5.74) is 1.24. The zero-order chi connectivity index (χ0) is 28.5. The average Bonchev–Trinajstić information content (AvgIpc) is 2.84. The van der Waals surface area contributed by atoms with Crippen LogP contribution in [0.15, 0.2) is 48.5 Å². The van der Waals surface area contributed by atoms with Crippen molar-refractivity contribution in [2.45, 2.75) is 78.1 Å². The van der Waals surface area contributed by atoms with E-state index in [-0.39, 0.29) is 11.8 Å². The third-order valence-electron chi connectivity index (χ3n) is 6.04. The van der Waals surface area contributed by atoms with Crippen LogP contribution in [0.2, 0.25) is 0 Å². The fourth-order valence-electron chi connectivity index (χ4n) is 3.97. The van der Waals surface area contributed by atoms with Crippen molar-refractivity contribution < 1.29 is 24.2 Å². The Morgan fingerprint density at radius 1 is 1.11 bits per heavy atom. The Balaban J connectivity index is 2.55. The molecular formula is C29H41N3O5S. The van der Waals surface area contributed by atoms with E-state index in [1.165, 1.54) is 17.0 Å².